The molecule has 0 aromatic carbocycles. The Balaban J connectivity index is 2.28. The second-order valence-corrected chi connectivity index (χ2v) is 4.10. The van der Waals surface area contributed by atoms with Crippen LogP contribution in [0.3, 0.4) is 0 Å². The van der Waals surface area contributed by atoms with Gasteiger partial charge in [-0.2, -0.15) is 0 Å². The van der Waals surface area contributed by atoms with E-state index in [0.29, 0.717) is 0 Å². The van der Waals surface area contributed by atoms with Gasteiger partial charge in [0.25, 0.3) is 0 Å². The lowest BCUT2D eigenvalue weighted by Crippen LogP contribution is -2.04. The van der Waals surface area contributed by atoms with Crippen LogP contribution in [0.4, 0.5) is 0 Å². The number of aliphatic imine (C=N–C) groups is 1. The zero-order valence-electron chi connectivity index (χ0n) is 8.59. The van der Waals surface area contributed by atoms with Crippen molar-refractivity contribution in [2.75, 3.05) is 7.05 Å². The Hall–Kier alpha value is -0.330. The molecule has 3 atom stereocenters. The highest BCUT2D eigenvalue weighted by molar-refractivity contribution is 5.57. The topological polar surface area (TPSA) is 12.4 Å². The van der Waals surface area contributed by atoms with Gasteiger partial charge in [0.15, 0.2) is 0 Å². The molecule has 70 valence electrons. The van der Waals surface area contributed by atoms with E-state index in [2.05, 4.69) is 25.1 Å². The first kappa shape index (κ1) is 9.76. The highest BCUT2D eigenvalue weighted by atomic mass is 14.6. The van der Waals surface area contributed by atoms with Crippen molar-refractivity contribution >= 4 is 6.21 Å². The second-order valence-electron chi connectivity index (χ2n) is 4.10. The summed E-state index contributed by atoms with van der Waals surface area (Å²) < 4.78 is 0. The maximum Gasteiger partial charge on any atom is 0.0273 e. The van der Waals surface area contributed by atoms with Gasteiger partial charge in [0.2, 0.25) is 0 Å². The fourth-order valence-electron chi connectivity index (χ4n) is 2.13. The van der Waals surface area contributed by atoms with Crippen molar-refractivity contribution < 1.29 is 0 Å². The van der Waals surface area contributed by atoms with Crippen LogP contribution in [0.2, 0.25) is 0 Å². The predicted octanol–water partition coefficient (Wildman–Crippen LogP) is 3.15. The van der Waals surface area contributed by atoms with E-state index in [1.165, 1.54) is 25.7 Å². The third-order valence-electron chi connectivity index (χ3n) is 3.03. The fraction of sp³-hybridized carbons (Fsp3) is 0.909. The first-order valence-corrected chi connectivity index (χ1v) is 5.20. The Bertz CT molecular complexity index is 151. The molecule has 1 heteroatoms. The van der Waals surface area contributed by atoms with Crippen molar-refractivity contribution in [1.82, 2.24) is 0 Å². The monoisotopic (exact) mass is 167 g/mol. The Morgan fingerprint density at radius 3 is 2.67 bits per heavy atom. The van der Waals surface area contributed by atoms with E-state index in [1.54, 1.807) is 0 Å². The fourth-order valence-corrected chi connectivity index (χ4v) is 2.13. The van der Waals surface area contributed by atoms with Crippen molar-refractivity contribution in [3.63, 3.8) is 0 Å². The number of hydrogen-bond donors (Lipinski definition) is 0. The molecule has 0 aromatic rings. The average Bonchev–Trinajstić information content (AvgIpc) is 2.76. The van der Waals surface area contributed by atoms with Crippen LogP contribution in [0.1, 0.15) is 39.5 Å². The molecule has 0 spiro atoms. The molecule has 0 aliphatic heterocycles. The summed E-state index contributed by atoms with van der Waals surface area (Å²) in [6.07, 6.45) is 7.47. The molecule has 0 radical (unpaired) electrons. The predicted molar refractivity (Wildman–Crippen MR) is 54.7 cm³/mol. The highest BCUT2D eigenvalue weighted by Gasteiger charge is 2.37. The zero-order valence-corrected chi connectivity index (χ0v) is 8.59. The van der Waals surface area contributed by atoms with E-state index in [4.69, 9.17) is 0 Å². The summed E-state index contributed by atoms with van der Waals surface area (Å²) in [5, 5.41) is 0. The van der Waals surface area contributed by atoms with Gasteiger partial charge in [-0.1, -0.05) is 26.7 Å². The molecule has 0 heterocycles. The minimum Gasteiger partial charge on any atom is -0.301 e. The lowest BCUT2D eigenvalue weighted by Gasteiger charge is -2.12. The van der Waals surface area contributed by atoms with Gasteiger partial charge < -0.3 is 4.99 Å². The van der Waals surface area contributed by atoms with Crippen LogP contribution in [-0.4, -0.2) is 13.3 Å². The standard InChI is InChI=1S/C11H21N/c1-4-5-10(6-7-12-3)11-8-9(11)2/h7,9-11H,4-6,8H2,1-3H3/b12-7-. The van der Waals surface area contributed by atoms with Crippen LogP contribution in [0.5, 0.6) is 0 Å². The molecule has 0 amide bonds. The number of rotatable bonds is 5. The summed E-state index contributed by atoms with van der Waals surface area (Å²) >= 11 is 0. The van der Waals surface area contributed by atoms with Gasteiger partial charge >= 0.3 is 0 Å². The minimum atomic E-state index is 0.925. The molecule has 0 aromatic heterocycles. The molecule has 1 saturated carbocycles. The highest BCUT2D eigenvalue weighted by Crippen LogP contribution is 2.46. The lowest BCUT2D eigenvalue weighted by atomic mass is 9.94. The van der Waals surface area contributed by atoms with E-state index in [1.807, 2.05) is 7.05 Å². The second kappa shape index (κ2) is 4.64. The average molecular weight is 167 g/mol. The molecule has 0 saturated heterocycles. The summed E-state index contributed by atoms with van der Waals surface area (Å²) in [6.45, 7) is 4.65. The van der Waals surface area contributed by atoms with Crippen LogP contribution in [0, 0.1) is 17.8 Å². The molecule has 12 heavy (non-hydrogen) atoms. The van der Waals surface area contributed by atoms with Crippen molar-refractivity contribution in [2.45, 2.75) is 39.5 Å². The maximum atomic E-state index is 4.07. The molecule has 1 aliphatic rings. The van der Waals surface area contributed by atoms with Gasteiger partial charge in [-0.25, -0.2) is 0 Å². The molecule has 1 aliphatic carbocycles. The first-order chi connectivity index (χ1) is 5.79. The van der Waals surface area contributed by atoms with Gasteiger partial charge in [0.05, 0.1) is 0 Å². The minimum absolute atomic E-state index is 0.925. The summed E-state index contributed by atoms with van der Waals surface area (Å²) in [4.78, 5) is 4.07. The van der Waals surface area contributed by atoms with Crippen molar-refractivity contribution in [2.24, 2.45) is 22.7 Å². The maximum absolute atomic E-state index is 4.07. The van der Waals surface area contributed by atoms with E-state index < -0.39 is 0 Å². The Morgan fingerprint density at radius 2 is 2.25 bits per heavy atom. The van der Waals surface area contributed by atoms with E-state index in [9.17, 15) is 0 Å². The van der Waals surface area contributed by atoms with Gasteiger partial charge in [-0.3, -0.25) is 0 Å². The number of nitrogens with zero attached hydrogens (tertiary/aromatic N) is 1. The van der Waals surface area contributed by atoms with Gasteiger partial charge in [-0.15, -0.1) is 0 Å². The van der Waals surface area contributed by atoms with Crippen LogP contribution in [0.15, 0.2) is 4.99 Å². The van der Waals surface area contributed by atoms with Crippen molar-refractivity contribution in [3.05, 3.63) is 0 Å². The van der Waals surface area contributed by atoms with Crippen LogP contribution >= 0.6 is 0 Å². The third-order valence-corrected chi connectivity index (χ3v) is 3.03. The van der Waals surface area contributed by atoms with E-state index in [-0.39, 0.29) is 0 Å². The van der Waals surface area contributed by atoms with Gasteiger partial charge in [0, 0.05) is 7.05 Å². The van der Waals surface area contributed by atoms with Crippen LogP contribution in [-0.2, 0) is 0 Å². The smallest absolute Gasteiger partial charge is 0.0273 e. The van der Waals surface area contributed by atoms with Crippen LogP contribution in [0.25, 0.3) is 0 Å². The Kier molecular flexibility index (Phi) is 3.77. The van der Waals surface area contributed by atoms with E-state index >= 15 is 0 Å². The molecule has 1 nitrogen and oxygen atoms in total. The largest absolute Gasteiger partial charge is 0.301 e. The summed E-state index contributed by atoms with van der Waals surface area (Å²) in [5.41, 5.74) is 0. The Morgan fingerprint density at radius 1 is 1.58 bits per heavy atom. The number of hydrogen-bond acceptors (Lipinski definition) is 1. The SMILES string of the molecule is CCCC(C/C=N\C)C1CC1C. The van der Waals surface area contributed by atoms with Crippen LogP contribution < -0.4 is 0 Å². The quantitative estimate of drug-likeness (QED) is 0.558. The zero-order chi connectivity index (χ0) is 8.97. The molecular formula is C11H21N. The van der Waals surface area contributed by atoms with Crippen molar-refractivity contribution in [3.8, 4) is 0 Å². The molecule has 3 unspecified atom stereocenters. The normalized spacial score (nSPS) is 30.9. The summed E-state index contributed by atoms with van der Waals surface area (Å²) in [5.74, 6) is 2.93. The Labute approximate surface area is 76.3 Å². The molecule has 0 N–H and O–H groups in total. The summed E-state index contributed by atoms with van der Waals surface area (Å²) in [7, 11) is 1.87. The third kappa shape index (κ3) is 2.62. The molecular weight excluding hydrogens is 146 g/mol. The van der Waals surface area contributed by atoms with Gasteiger partial charge in [-0.05, 0) is 36.8 Å². The molecule has 1 rings (SSSR count). The molecule has 1 fully saturated rings. The summed E-state index contributed by atoms with van der Waals surface area (Å²) in [6, 6.07) is 0. The van der Waals surface area contributed by atoms with E-state index in [0.717, 1.165) is 17.8 Å². The first-order valence-electron chi connectivity index (χ1n) is 5.20. The lowest BCUT2D eigenvalue weighted by molar-refractivity contribution is 0.422. The molecule has 0 bridgehead atoms. The van der Waals surface area contributed by atoms with Gasteiger partial charge in [0.1, 0.15) is 0 Å². The van der Waals surface area contributed by atoms with Crippen molar-refractivity contribution in [1.29, 1.82) is 0 Å².